The average molecular weight is 339 g/mol. The van der Waals surface area contributed by atoms with Crippen LogP contribution in [0.3, 0.4) is 0 Å². The van der Waals surface area contributed by atoms with Crippen LogP contribution in [-0.4, -0.2) is 36.1 Å². The van der Waals surface area contributed by atoms with Crippen molar-refractivity contribution in [1.29, 1.82) is 0 Å². The van der Waals surface area contributed by atoms with Crippen molar-refractivity contribution in [3.05, 3.63) is 29.8 Å². The summed E-state index contributed by atoms with van der Waals surface area (Å²) in [6.45, 7) is 1.60. The minimum atomic E-state index is 0. The van der Waals surface area contributed by atoms with E-state index in [4.69, 9.17) is 10.5 Å². The molecule has 1 aliphatic carbocycles. The normalized spacial score (nSPS) is 21.1. The van der Waals surface area contributed by atoms with Crippen molar-refractivity contribution in [2.45, 2.75) is 57.1 Å². The first-order chi connectivity index (χ1) is 10.7. The molecule has 1 aromatic carbocycles. The van der Waals surface area contributed by atoms with Gasteiger partial charge in [0.05, 0.1) is 12.5 Å². The third-order valence-electron chi connectivity index (χ3n) is 4.85. The zero-order valence-corrected chi connectivity index (χ0v) is 14.4. The highest BCUT2D eigenvalue weighted by Gasteiger charge is 2.30. The van der Waals surface area contributed by atoms with E-state index in [2.05, 4.69) is 4.90 Å². The van der Waals surface area contributed by atoms with Gasteiger partial charge in [0.2, 0.25) is 5.91 Å². The summed E-state index contributed by atoms with van der Waals surface area (Å²) in [5.41, 5.74) is 7.49. The molecule has 2 aliphatic rings. The van der Waals surface area contributed by atoms with Crippen LogP contribution in [0.1, 0.15) is 44.1 Å². The van der Waals surface area contributed by atoms with Crippen molar-refractivity contribution < 1.29 is 9.53 Å². The Morgan fingerprint density at radius 3 is 2.43 bits per heavy atom. The first-order valence-electron chi connectivity index (χ1n) is 8.48. The van der Waals surface area contributed by atoms with E-state index >= 15 is 0 Å². The van der Waals surface area contributed by atoms with Crippen molar-refractivity contribution in [1.82, 2.24) is 4.90 Å². The van der Waals surface area contributed by atoms with Gasteiger partial charge in [0, 0.05) is 24.9 Å². The van der Waals surface area contributed by atoms with E-state index in [1.165, 1.54) is 12.8 Å². The smallest absolute Gasteiger partial charge is 0.227 e. The molecule has 1 atom stereocenters. The lowest BCUT2D eigenvalue weighted by Crippen LogP contribution is -2.44. The number of halogens is 1. The van der Waals surface area contributed by atoms with E-state index in [0.717, 1.165) is 50.1 Å². The molecule has 2 fully saturated rings. The number of rotatable bonds is 5. The van der Waals surface area contributed by atoms with Gasteiger partial charge in [-0.25, -0.2) is 0 Å². The highest BCUT2D eigenvalue weighted by atomic mass is 35.5. The van der Waals surface area contributed by atoms with Crippen molar-refractivity contribution in [2.75, 3.05) is 18.9 Å². The second-order valence-corrected chi connectivity index (χ2v) is 6.54. The van der Waals surface area contributed by atoms with Gasteiger partial charge in [0.25, 0.3) is 0 Å². The number of amides is 1. The fourth-order valence-corrected chi connectivity index (χ4v) is 3.59. The van der Waals surface area contributed by atoms with Crippen LogP contribution in [0.5, 0.6) is 0 Å². The number of benzene rings is 1. The van der Waals surface area contributed by atoms with Crippen LogP contribution >= 0.6 is 12.4 Å². The number of nitrogen functional groups attached to an aromatic ring is 1. The van der Waals surface area contributed by atoms with Gasteiger partial charge in [-0.15, -0.1) is 12.4 Å². The van der Waals surface area contributed by atoms with Crippen molar-refractivity contribution in [3.63, 3.8) is 0 Å². The summed E-state index contributed by atoms with van der Waals surface area (Å²) in [7, 11) is 0. The van der Waals surface area contributed by atoms with Crippen LogP contribution in [0, 0.1) is 0 Å². The number of carbonyl (C=O) groups is 1. The summed E-state index contributed by atoms with van der Waals surface area (Å²) < 4.78 is 5.75. The fraction of sp³-hybridized carbons (Fsp3) is 0.611. The first-order valence-corrected chi connectivity index (χ1v) is 8.48. The standard InChI is InChI=1S/C18H26N2O2.ClH/c19-15-9-7-14(8-10-15)12-18(21)20(16-4-1-2-5-16)13-17-6-3-11-22-17;/h7-10,16-17H,1-6,11-13,19H2;1H. The minimum absolute atomic E-state index is 0. The molecule has 0 bridgehead atoms. The lowest BCUT2D eigenvalue weighted by Gasteiger charge is -2.31. The SMILES string of the molecule is Cl.Nc1ccc(CC(=O)N(CC2CCCO2)C2CCCC2)cc1. The zero-order chi connectivity index (χ0) is 15.4. The Labute approximate surface area is 144 Å². The summed E-state index contributed by atoms with van der Waals surface area (Å²) in [5.74, 6) is 0.229. The Morgan fingerprint density at radius 2 is 1.83 bits per heavy atom. The molecule has 1 aliphatic heterocycles. The second-order valence-electron chi connectivity index (χ2n) is 6.54. The quantitative estimate of drug-likeness (QED) is 0.839. The van der Waals surface area contributed by atoms with Crippen LogP contribution in [0.2, 0.25) is 0 Å². The molecule has 0 aromatic heterocycles. The van der Waals surface area contributed by atoms with E-state index in [-0.39, 0.29) is 24.4 Å². The molecule has 1 saturated carbocycles. The van der Waals surface area contributed by atoms with Crippen molar-refractivity contribution >= 4 is 24.0 Å². The maximum atomic E-state index is 12.8. The Hall–Kier alpha value is -1.26. The third kappa shape index (κ3) is 4.85. The van der Waals surface area contributed by atoms with Gasteiger partial charge in [-0.2, -0.15) is 0 Å². The molecular formula is C18H27ClN2O2. The molecule has 23 heavy (non-hydrogen) atoms. The van der Waals surface area contributed by atoms with Gasteiger partial charge in [0.15, 0.2) is 0 Å². The molecule has 5 heteroatoms. The summed E-state index contributed by atoms with van der Waals surface area (Å²) in [5, 5.41) is 0. The van der Waals surface area contributed by atoms with Gasteiger partial charge in [-0.3, -0.25) is 4.79 Å². The predicted molar refractivity (Wildman–Crippen MR) is 94.7 cm³/mol. The highest BCUT2D eigenvalue weighted by molar-refractivity contribution is 5.85. The molecule has 1 amide bonds. The molecule has 3 rings (SSSR count). The first kappa shape index (κ1) is 18.1. The van der Waals surface area contributed by atoms with Gasteiger partial charge in [-0.05, 0) is 43.4 Å². The van der Waals surface area contributed by atoms with Crippen LogP contribution in [-0.2, 0) is 16.0 Å². The predicted octanol–water partition coefficient (Wildman–Crippen LogP) is 3.18. The summed E-state index contributed by atoms with van der Waals surface area (Å²) in [4.78, 5) is 14.9. The van der Waals surface area contributed by atoms with E-state index in [0.29, 0.717) is 12.5 Å². The number of nitrogens with two attached hydrogens (primary N) is 1. The lowest BCUT2D eigenvalue weighted by molar-refractivity contribution is -0.134. The van der Waals surface area contributed by atoms with Crippen LogP contribution < -0.4 is 5.73 Å². The van der Waals surface area contributed by atoms with E-state index in [1.54, 1.807) is 0 Å². The molecule has 1 aromatic rings. The fourth-order valence-electron chi connectivity index (χ4n) is 3.59. The Bertz CT molecular complexity index is 494. The summed E-state index contributed by atoms with van der Waals surface area (Å²) in [6, 6.07) is 8.04. The lowest BCUT2D eigenvalue weighted by atomic mass is 10.1. The maximum Gasteiger partial charge on any atom is 0.227 e. The molecule has 4 nitrogen and oxygen atoms in total. The Kier molecular flexibility index (Phi) is 6.72. The van der Waals surface area contributed by atoms with Crippen molar-refractivity contribution in [2.24, 2.45) is 0 Å². The number of anilines is 1. The summed E-state index contributed by atoms with van der Waals surface area (Å²) >= 11 is 0. The molecule has 0 spiro atoms. The minimum Gasteiger partial charge on any atom is -0.399 e. The van der Waals surface area contributed by atoms with E-state index < -0.39 is 0 Å². The molecule has 128 valence electrons. The van der Waals surface area contributed by atoms with E-state index in [1.807, 2.05) is 24.3 Å². The zero-order valence-electron chi connectivity index (χ0n) is 13.6. The number of hydrogen-bond acceptors (Lipinski definition) is 3. The maximum absolute atomic E-state index is 12.8. The largest absolute Gasteiger partial charge is 0.399 e. The van der Waals surface area contributed by atoms with Gasteiger partial charge >= 0.3 is 0 Å². The monoisotopic (exact) mass is 338 g/mol. The van der Waals surface area contributed by atoms with Crippen molar-refractivity contribution in [3.8, 4) is 0 Å². The topological polar surface area (TPSA) is 55.6 Å². The highest BCUT2D eigenvalue weighted by Crippen LogP contribution is 2.26. The molecule has 0 radical (unpaired) electrons. The second kappa shape index (κ2) is 8.55. The summed E-state index contributed by atoms with van der Waals surface area (Å²) in [6.07, 6.45) is 7.65. The number of hydrogen-bond donors (Lipinski definition) is 1. The van der Waals surface area contributed by atoms with Crippen LogP contribution in [0.4, 0.5) is 5.69 Å². The molecule has 1 saturated heterocycles. The van der Waals surface area contributed by atoms with Gasteiger partial charge in [-0.1, -0.05) is 25.0 Å². The number of nitrogens with zero attached hydrogens (tertiary/aromatic N) is 1. The van der Waals surface area contributed by atoms with E-state index in [9.17, 15) is 4.79 Å². The van der Waals surface area contributed by atoms with Crippen LogP contribution in [0.15, 0.2) is 24.3 Å². The van der Waals surface area contributed by atoms with Gasteiger partial charge < -0.3 is 15.4 Å². The Morgan fingerprint density at radius 1 is 1.13 bits per heavy atom. The Balaban J connectivity index is 0.00000192. The average Bonchev–Trinajstić information content (AvgIpc) is 3.20. The molecular weight excluding hydrogens is 312 g/mol. The molecule has 1 heterocycles. The van der Waals surface area contributed by atoms with Crippen LogP contribution in [0.25, 0.3) is 0 Å². The third-order valence-corrected chi connectivity index (χ3v) is 4.85. The molecule has 1 unspecified atom stereocenters. The molecule has 2 N–H and O–H groups in total. The number of ether oxygens (including phenoxy) is 1. The van der Waals surface area contributed by atoms with Gasteiger partial charge in [0.1, 0.15) is 0 Å². The number of carbonyl (C=O) groups excluding carboxylic acids is 1.